The molecular formula is C16H13ClN2O. The highest BCUT2D eigenvalue weighted by Gasteiger charge is 2.04. The molecule has 0 unspecified atom stereocenters. The predicted molar refractivity (Wildman–Crippen MR) is 80.2 cm³/mol. The first kappa shape index (κ1) is 14.1. The van der Waals surface area contributed by atoms with Gasteiger partial charge in [0.25, 0.3) is 0 Å². The fourth-order valence-corrected chi connectivity index (χ4v) is 1.92. The van der Waals surface area contributed by atoms with Crippen LogP contribution in [0, 0.1) is 18.3 Å². The molecule has 0 aliphatic carbocycles. The van der Waals surface area contributed by atoms with E-state index in [9.17, 15) is 0 Å². The van der Waals surface area contributed by atoms with Gasteiger partial charge in [0.15, 0.2) is 5.75 Å². The smallest absolute Gasteiger partial charge is 0.158 e. The third-order valence-electron chi connectivity index (χ3n) is 2.86. The van der Waals surface area contributed by atoms with Crippen LogP contribution in [-0.2, 0) is 0 Å². The van der Waals surface area contributed by atoms with Crippen molar-refractivity contribution >= 4 is 17.3 Å². The zero-order valence-corrected chi connectivity index (χ0v) is 12.0. The monoisotopic (exact) mass is 284 g/mol. The summed E-state index contributed by atoms with van der Waals surface area (Å²) in [6.07, 6.45) is 0. The largest absolute Gasteiger partial charge is 0.357 e. The quantitative estimate of drug-likeness (QED) is 0.622. The summed E-state index contributed by atoms with van der Waals surface area (Å²) in [5.74, 6) is 0.586. The molecule has 0 atom stereocenters. The Kier molecular flexibility index (Phi) is 4.39. The van der Waals surface area contributed by atoms with Crippen LogP contribution < -0.4 is 4.84 Å². The second kappa shape index (κ2) is 6.23. The van der Waals surface area contributed by atoms with E-state index in [0.29, 0.717) is 16.3 Å². The van der Waals surface area contributed by atoms with Crippen molar-refractivity contribution < 1.29 is 4.84 Å². The molecule has 4 heteroatoms. The van der Waals surface area contributed by atoms with Crippen molar-refractivity contribution in [3.8, 4) is 11.8 Å². The normalized spacial score (nSPS) is 11.0. The third kappa shape index (κ3) is 3.37. The van der Waals surface area contributed by atoms with E-state index in [-0.39, 0.29) is 0 Å². The van der Waals surface area contributed by atoms with Gasteiger partial charge in [0, 0.05) is 10.6 Å². The molecule has 0 aliphatic rings. The van der Waals surface area contributed by atoms with Crippen LogP contribution in [0.4, 0.5) is 0 Å². The molecule has 0 spiro atoms. The van der Waals surface area contributed by atoms with Crippen LogP contribution in [0.2, 0.25) is 5.02 Å². The number of oxime groups is 1. The molecule has 0 fully saturated rings. The first-order valence-electron chi connectivity index (χ1n) is 6.08. The number of rotatable bonds is 3. The molecule has 0 aliphatic heterocycles. The first-order valence-corrected chi connectivity index (χ1v) is 6.46. The number of hydrogen-bond donors (Lipinski definition) is 0. The lowest BCUT2D eigenvalue weighted by atomic mass is 10.1. The van der Waals surface area contributed by atoms with Crippen LogP contribution in [0.1, 0.15) is 23.6 Å². The first-order chi connectivity index (χ1) is 9.60. The van der Waals surface area contributed by atoms with E-state index in [0.717, 1.165) is 16.8 Å². The van der Waals surface area contributed by atoms with E-state index in [2.05, 4.69) is 11.2 Å². The van der Waals surface area contributed by atoms with Gasteiger partial charge < -0.3 is 4.84 Å². The van der Waals surface area contributed by atoms with E-state index in [1.54, 1.807) is 24.3 Å². The lowest BCUT2D eigenvalue weighted by Crippen LogP contribution is -2.00. The van der Waals surface area contributed by atoms with Crippen LogP contribution in [0.15, 0.2) is 47.6 Å². The van der Waals surface area contributed by atoms with Gasteiger partial charge in [-0.25, -0.2) is 0 Å². The molecule has 3 nitrogen and oxygen atoms in total. The van der Waals surface area contributed by atoms with Crippen molar-refractivity contribution in [2.45, 2.75) is 13.8 Å². The topological polar surface area (TPSA) is 45.4 Å². The zero-order chi connectivity index (χ0) is 14.5. The summed E-state index contributed by atoms with van der Waals surface area (Å²) in [7, 11) is 0. The van der Waals surface area contributed by atoms with E-state index in [1.165, 1.54) is 0 Å². The Balaban J connectivity index is 2.18. The SMILES string of the molecule is C/C(=N\Oc1ccc(C#N)cc1)c1cc(Cl)ccc1C. The van der Waals surface area contributed by atoms with Crippen LogP contribution in [0.3, 0.4) is 0 Å². The molecule has 0 N–H and O–H groups in total. The number of aryl methyl sites for hydroxylation is 1. The second-order valence-corrected chi connectivity index (χ2v) is 4.80. The fourth-order valence-electron chi connectivity index (χ4n) is 1.74. The van der Waals surface area contributed by atoms with Gasteiger partial charge in [-0.2, -0.15) is 5.26 Å². The molecule has 20 heavy (non-hydrogen) atoms. The summed E-state index contributed by atoms with van der Waals surface area (Å²) in [6, 6.07) is 14.5. The third-order valence-corrected chi connectivity index (χ3v) is 3.10. The standard InChI is InChI=1S/C16H13ClN2O/c1-11-3-6-14(17)9-16(11)12(2)19-20-15-7-4-13(10-18)5-8-15/h3-9H,1-2H3/b19-12+. The summed E-state index contributed by atoms with van der Waals surface area (Å²) in [4.78, 5) is 5.35. The molecule has 0 bridgehead atoms. The van der Waals surface area contributed by atoms with Crippen LogP contribution in [-0.4, -0.2) is 5.71 Å². The maximum absolute atomic E-state index is 8.72. The van der Waals surface area contributed by atoms with Crippen LogP contribution >= 0.6 is 11.6 Å². The van der Waals surface area contributed by atoms with E-state index in [4.69, 9.17) is 21.7 Å². The van der Waals surface area contributed by atoms with Crippen molar-refractivity contribution in [2.24, 2.45) is 5.16 Å². The minimum Gasteiger partial charge on any atom is -0.357 e. The average Bonchev–Trinajstić information content (AvgIpc) is 2.47. The van der Waals surface area contributed by atoms with Gasteiger partial charge in [-0.3, -0.25) is 0 Å². The van der Waals surface area contributed by atoms with Crippen molar-refractivity contribution in [3.63, 3.8) is 0 Å². The number of hydrogen-bond acceptors (Lipinski definition) is 3. The van der Waals surface area contributed by atoms with E-state index < -0.39 is 0 Å². The molecule has 0 saturated heterocycles. The summed E-state index contributed by atoms with van der Waals surface area (Å²) in [5, 5.41) is 13.5. The van der Waals surface area contributed by atoms with E-state index >= 15 is 0 Å². The van der Waals surface area contributed by atoms with Gasteiger partial charge in [0.05, 0.1) is 17.3 Å². The molecule has 0 aromatic heterocycles. The maximum atomic E-state index is 8.72. The fraction of sp³-hybridized carbons (Fsp3) is 0.125. The Hall–Kier alpha value is -2.31. The minimum absolute atomic E-state index is 0.586. The highest BCUT2D eigenvalue weighted by Crippen LogP contribution is 2.17. The summed E-state index contributed by atoms with van der Waals surface area (Å²) < 4.78 is 0. The molecule has 100 valence electrons. The molecule has 0 heterocycles. The molecular weight excluding hydrogens is 272 g/mol. The molecule has 0 amide bonds. The van der Waals surface area contributed by atoms with Gasteiger partial charge >= 0.3 is 0 Å². The highest BCUT2D eigenvalue weighted by molar-refractivity contribution is 6.31. The minimum atomic E-state index is 0.586. The number of nitrogens with zero attached hydrogens (tertiary/aromatic N) is 2. The Morgan fingerprint density at radius 2 is 1.90 bits per heavy atom. The van der Waals surface area contributed by atoms with Crippen molar-refractivity contribution in [1.29, 1.82) is 5.26 Å². The highest BCUT2D eigenvalue weighted by atomic mass is 35.5. The molecule has 0 radical (unpaired) electrons. The van der Waals surface area contributed by atoms with Crippen molar-refractivity contribution in [3.05, 3.63) is 64.2 Å². The van der Waals surface area contributed by atoms with Crippen molar-refractivity contribution in [2.75, 3.05) is 0 Å². The van der Waals surface area contributed by atoms with Gasteiger partial charge in [-0.1, -0.05) is 22.8 Å². The van der Waals surface area contributed by atoms with Crippen LogP contribution in [0.25, 0.3) is 0 Å². The zero-order valence-electron chi connectivity index (χ0n) is 11.2. The maximum Gasteiger partial charge on any atom is 0.158 e. The Bertz CT molecular complexity index is 685. The molecule has 2 rings (SSSR count). The molecule has 2 aromatic rings. The van der Waals surface area contributed by atoms with Gasteiger partial charge in [0.2, 0.25) is 0 Å². The summed E-state index contributed by atoms with van der Waals surface area (Å²) >= 11 is 5.99. The number of halogens is 1. The van der Waals surface area contributed by atoms with Gasteiger partial charge in [-0.05, 0) is 55.8 Å². The Morgan fingerprint density at radius 3 is 2.55 bits per heavy atom. The lowest BCUT2D eigenvalue weighted by Gasteiger charge is -2.06. The summed E-state index contributed by atoms with van der Waals surface area (Å²) in [6.45, 7) is 3.86. The van der Waals surface area contributed by atoms with E-state index in [1.807, 2.05) is 32.0 Å². The van der Waals surface area contributed by atoms with Gasteiger partial charge in [-0.15, -0.1) is 0 Å². The Morgan fingerprint density at radius 1 is 1.20 bits per heavy atom. The Labute approximate surface area is 123 Å². The van der Waals surface area contributed by atoms with Crippen LogP contribution in [0.5, 0.6) is 5.75 Å². The number of nitriles is 1. The molecule has 0 saturated carbocycles. The second-order valence-electron chi connectivity index (χ2n) is 4.36. The predicted octanol–water partition coefficient (Wildman–Crippen LogP) is 4.32. The van der Waals surface area contributed by atoms with Gasteiger partial charge in [0.1, 0.15) is 0 Å². The lowest BCUT2D eigenvalue weighted by molar-refractivity contribution is 0.341. The molecule has 2 aromatic carbocycles. The number of benzene rings is 2. The average molecular weight is 285 g/mol. The summed E-state index contributed by atoms with van der Waals surface area (Å²) in [5.41, 5.74) is 3.36. The van der Waals surface area contributed by atoms with Crippen molar-refractivity contribution in [1.82, 2.24) is 0 Å².